The smallest absolute Gasteiger partial charge is 0.396 e. The van der Waals surface area contributed by atoms with Crippen molar-refractivity contribution in [3.63, 3.8) is 0 Å². The van der Waals surface area contributed by atoms with Crippen LogP contribution in [0.1, 0.15) is 19.7 Å². The summed E-state index contributed by atoms with van der Waals surface area (Å²) in [5.74, 6) is -0.915. The molecule has 2 heterocycles. The highest BCUT2D eigenvalue weighted by Crippen LogP contribution is 2.27. The summed E-state index contributed by atoms with van der Waals surface area (Å²) in [5, 5.41) is 22.3. The largest absolute Gasteiger partial charge is 0.453 e. The van der Waals surface area contributed by atoms with Crippen molar-refractivity contribution in [2.75, 3.05) is 18.5 Å². The van der Waals surface area contributed by atoms with Crippen molar-refractivity contribution in [2.24, 2.45) is 5.41 Å². The van der Waals surface area contributed by atoms with Crippen LogP contribution in [0.3, 0.4) is 0 Å². The number of alkyl halides is 3. The van der Waals surface area contributed by atoms with Gasteiger partial charge < -0.3 is 10.4 Å². The summed E-state index contributed by atoms with van der Waals surface area (Å²) in [6.07, 6.45) is -4.62. The number of anilines is 1. The molecule has 2 aromatic rings. The van der Waals surface area contributed by atoms with Crippen LogP contribution in [-0.4, -0.2) is 38.1 Å². The first-order chi connectivity index (χ1) is 9.23. The lowest BCUT2D eigenvalue weighted by Gasteiger charge is -2.22. The molecular formula is C11H14F3N5O. The van der Waals surface area contributed by atoms with E-state index in [1.807, 2.05) is 13.8 Å². The minimum Gasteiger partial charge on any atom is -0.396 e. The SMILES string of the molecule is CC(C)(CO)CNc1ccc2nnc(C(F)(F)F)n2n1. The standard InChI is InChI=1S/C11H14F3N5O/c1-10(2,6-20)5-15-7-3-4-8-16-17-9(11(12,13)14)19(8)18-7/h3-4,20H,5-6H2,1-2H3,(H,15,18). The maximum Gasteiger partial charge on any atom is 0.453 e. The molecule has 0 unspecified atom stereocenters. The van der Waals surface area contributed by atoms with E-state index in [0.717, 1.165) is 0 Å². The highest BCUT2D eigenvalue weighted by atomic mass is 19.4. The molecule has 9 heteroatoms. The Kier molecular flexibility index (Phi) is 3.55. The Bertz CT molecular complexity index is 608. The van der Waals surface area contributed by atoms with Crippen LogP contribution in [0.4, 0.5) is 19.0 Å². The monoisotopic (exact) mass is 289 g/mol. The van der Waals surface area contributed by atoms with Gasteiger partial charge in [0.05, 0.1) is 0 Å². The minimum atomic E-state index is -4.62. The van der Waals surface area contributed by atoms with Gasteiger partial charge in [-0.1, -0.05) is 13.8 Å². The normalized spacial score (nSPS) is 12.9. The van der Waals surface area contributed by atoms with Gasteiger partial charge in [-0.15, -0.1) is 15.3 Å². The lowest BCUT2D eigenvalue weighted by atomic mass is 9.95. The van der Waals surface area contributed by atoms with E-state index in [1.54, 1.807) is 0 Å². The zero-order valence-corrected chi connectivity index (χ0v) is 10.9. The number of rotatable bonds is 4. The number of hydrogen-bond donors (Lipinski definition) is 2. The van der Waals surface area contributed by atoms with Gasteiger partial charge in [0.25, 0.3) is 5.82 Å². The number of fused-ring (bicyclic) bond motifs is 1. The zero-order chi connectivity index (χ0) is 15.0. The predicted molar refractivity (Wildman–Crippen MR) is 65.1 cm³/mol. The van der Waals surface area contributed by atoms with E-state index in [4.69, 9.17) is 5.11 Å². The molecule has 0 aliphatic carbocycles. The summed E-state index contributed by atoms with van der Waals surface area (Å²) in [5.41, 5.74) is -0.388. The first-order valence-corrected chi connectivity index (χ1v) is 5.87. The molecule has 110 valence electrons. The summed E-state index contributed by atoms with van der Waals surface area (Å²) in [7, 11) is 0. The second-order valence-corrected chi connectivity index (χ2v) is 5.19. The molecule has 0 bridgehead atoms. The zero-order valence-electron chi connectivity index (χ0n) is 10.9. The number of hydrogen-bond acceptors (Lipinski definition) is 5. The van der Waals surface area contributed by atoms with Gasteiger partial charge in [-0.05, 0) is 12.1 Å². The van der Waals surface area contributed by atoms with Crippen LogP contribution in [0.25, 0.3) is 5.65 Å². The van der Waals surface area contributed by atoms with E-state index in [-0.39, 0.29) is 18.1 Å². The average molecular weight is 289 g/mol. The van der Waals surface area contributed by atoms with Crippen molar-refractivity contribution in [3.05, 3.63) is 18.0 Å². The first-order valence-electron chi connectivity index (χ1n) is 5.87. The van der Waals surface area contributed by atoms with Gasteiger partial charge in [0.1, 0.15) is 5.82 Å². The first kappa shape index (κ1) is 14.5. The maximum absolute atomic E-state index is 12.7. The Balaban J connectivity index is 2.29. The molecule has 0 saturated heterocycles. The van der Waals surface area contributed by atoms with Crippen molar-refractivity contribution >= 4 is 11.5 Å². The molecular weight excluding hydrogens is 275 g/mol. The highest BCUT2D eigenvalue weighted by molar-refractivity contribution is 5.44. The number of halogens is 3. The number of aliphatic hydroxyl groups is 1. The van der Waals surface area contributed by atoms with E-state index in [9.17, 15) is 13.2 Å². The van der Waals surface area contributed by atoms with Crippen LogP contribution in [0.5, 0.6) is 0 Å². The fourth-order valence-electron chi connectivity index (χ4n) is 1.45. The molecule has 2 rings (SSSR count). The second-order valence-electron chi connectivity index (χ2n) is 5.19. The summed E-state index contributed by atoms with van der Waals surface area (Å²) < 4.78 is 38.7. The summed E-state index contributed by atoms with van der Waals surface area (Å²) in [6, 6.07) is 2.90. The van der Waals surface area contributed by atoms with Crippen molar-refractivity contribution in [1.82, 2.24) is 19.8 Å². The molecule has 0 saturated carbocycles. The van der Waals surface area contributed by atoms with Crippen LogP contribution < -0.4 is 5.32 Å². The quantitative estimate of drug-likeness (QED) is 0.893. The van der Waals surface area contributed by atoms with Gasteiger partial charge in [0.2, 0.25) is 0 Å². The van der Waals surface area contributed by atoms with Gasteiger partial charge in [0.15, 0.2) is 5.65 Å². The van der Waals surface area contributed by atoms with Crippen molar-refractivity contribution in [1.29, 1.82) is 0 Å². The third-order valence-corrected chi connectivity index (χ3v) is 2.69. The molecule has 0 aliphatic rings. The number of nitrogens with one attached hydrogen (secondary N) is 1. The molecule has 0 spiro atoms. The van der Waals surface area contributed by atoms with E-state index in [1.165, 1.54) is 12.1 Å². The summed E-state index contributed by atoms with van der Waals surface area (Å²) >= 11 is 0. The fraction of sp³-hybridized carbons (Fsp3) is 0.545. The fourth-order valence-corrected chi connectivity index (χ4v) is 1.45. The molecule has 20 heavy (non-hydrogen) atoms. The molecule has 6 nitrogen and oxygen atoms in total. The maximum atomic E-state index is 12.7. The number of aliphatic hydroxyl groups excluding tert-OH is 1. The van der Waals surface area contributed by atoms with Crippen molar-refractivity contribution in [3.8, 4) is 0 Å². The van der Waals surface area contributed by atoms with Gasteiger partial charge in [-0.2, -0.15) is 17.7 Å². The van der Waals surface area contributed by atoms with E-state index in [2.05, 4.69) is 20.6 Å². The average Bonchev–Trinajstić information content (AvgIpc) is 2.79. The van der Waals surface area contributed by atoms with Gasteiger partial charge in [-0.25, -0.2) is 0 Å². The Labute approximate surface area is 112 Å². The van der Waals surface area contributed by atoms with Crippen LogP contribution in [-0.2, 0) is 6.18 Å². The van der Waals surface area contributed by atoms with Crippen LogP contribution in [0.2, 0.25) is 0 Å². The predicted octanol–water partition coefficient (Wildman–Crippen LogP) is 1.57. The van der Waals surface area contributed by atoms with Gasteiger partial charge >= 0.3 is 6.18 Å². The van der Waals surface area contributed by atoms with Crippen molar-refractivity contribution < 1.29 is 18.3 Å². The van der Waals surface area contributed by atoms with Gasteiger partial charge in [-0.3, -0.25) is 0 Å². The molecule has 0 aromatic carbocycles. The lowest BCUT2D eigenvalue weighted by molar-refractivity contribution is -0.146. The highest BCUT2D eigenvalue weighted by Gasteiger charge is 2.37. The van der Waals surface area contributed by atoms with Crippen LogP contribution >= 0.6 is 0 Å². The lowest BCUT2D eigenvalue weighted by Crippen LogP contribution is -2.27. The second kappa shape index (κ2) is 4.89. The molecule has 2 N–H and O–H groups in total. The van der Waals surface area contributed by atoms with E-state index < -0.39 is 17.4 Å². The van der Waals surface area contributed by atoms with E-state index in [0.29, 0.717) is 11.1 Å². The summed E-state index contributed by atoms with van der Waals surface area (Å²) in [6.45, 7) is 3.95. The molecule has 2 aromatic heterocycles. The Hall–Kier alpha value is -1.90. The Morgan fingerprint density at radius 2 is 1.95 bits per heavy atom. The Morgan fingerprint density at radius 1 is 1.25 bits per heavy atom. The third kappa shape index (κ3) is 2.98. The Morgan fingerprint density at radius 3 is 2.55 bits per heavy atom. The number of aromatic nitrogens is 4. The van der Waals surface area contributed by atoms with E-state index >= 15 is 0 Å². The van der Waals surface area contributed by atoms with Crippen LogP contribution in [0, 0.1) is 5.41 Å². The summed E-state index contributed by atoms with van der Waals surface area (Å²) in [4.78, 5) is 0. The molecule has 0 atom stereocenters. The number of nitrogens with zero attached hydrogens (tertiary/aromatic N) is 4. The third-order valence-electron chi connectivity index (χ3n) is 2.69. The molecule has 0 radical (unpaired) electrons. The van der Waals surface area contributed by atoms with Crippen molar-refractivity contribution in [2.45, 2.75) is 20.0 Å². The van der Waals surface area contributed by atoms with Gasteiger partial charge in [0, 0.05) is 18.6 Å². The topological polar surface area (TPSA) is 75.3 Å². The molecule has 0 aliphatic heterocycles. The molecule has 0 fully saturated rings. The van der Waals surface area contributed by atoms with Crippen LogP contribution in [0.15, 0.2) is 12.1 Å². The molecule has 0 amide bonds. The minimum absolute atomic E-state index is 0.0179.